The van der Waals surface area contributed by atoms with E-state index in [-0.39, 0.29) is 28.9 Å². The summed E-state index contributed by atoms with van der Waals surface area (Å²) in [6, 6.07) is 6.44. The van der Waals surface area contributed by atoms with Crippen molar-refractivity contribution in [2.75, 3.05) is 6.54 Å². The molecule has 4 nitrogen and oxygen atoms in total. The quantitative estimate of drug-likeness (QED) is 0.187. The minimum atomic E-state index is -0.324. The van der Waals surface area contributed by atoms with E-state index >= 15 is 0 Å². The lowest BCUT2D eigenvalue weighted by Gasteiger charge is -2.12. The van der Waals surface area contributed by atoms with Gasteiger partial charge in [-0.25, -0.2) is 0 Å². The zero-order valence-corrected chi connectivity index (χ0v) is 22.6. The second-order valence-corrected chi connectivity index (χ2v) is 9.03. The molecular formula is C33H45NO3. The van der Waals surface area contributed by atoms with Gasteiger partial charge in [0.05, 0.1) is 5.56 Å². The number of Topliss-reactive ketones (excluding diaryl/α,β-unsaturated/α-hetero) is 1. The molecule has 0 aromatic heterocycles. The Morgan fingerprint density at radius 1 is 0.784 bits per heavy atom. The van der Waals surface area contributed by atoms with E-state index in [2.05, 4.69) is 85.2 Å². The highest BCUT2D eigenvalue weighted by atomic mass is 16.3. The van der Waals surface area contributed by atoms with Gasteiger partial charge in [0, 0.05) is 19.4 Å². The van der Waals surface area contributed by atoms with Crippen molar-refractivity contribution in [3.8, 4) is 5.75 Å². The molecule has 0 radical (unpaired) electrons. The van der Waals surface area contributed by atoms with Gasteiger partial charge >= 0.3 is 0 Å². The first-order chi connectivity index (χ1) is 18.0. The molecule has 1 aromatic rings. The molecule has 1 rings (SSSR count). The Bertz CT molecular complexity index is 950. The maximum Gasteiger partial charge on any atom is 0.255 e. The molecule has 1 unspecified atom stereocenters. The highest BCUT2D eigenvalue weighted by Gasteiger charge is 2.13. The molecule has 0 aliphatic rings. The third kappa shape index (κ3) is 17.6. The second-order valence-electron chi connectivity index (χ2n) is 9.03. The Hall–Kier alpha value is -3.40. The summed E-state index contributed by atoms with van der Waals surface area (Å²) in [6.45, 7) is 4.49. The van der Waals surface area contributed by atoms with E-state index in [1.165, 1.54) is 6.07 Å². The van der Waals surface area contributed by atoms with Crippen molar-refractivity contribution >= 4 is 11.7 Å². The summed E-state index contributed by atoms with van der Waals surface area (Å²) in [5.74, 6) is -0.119. The number of aromatic hydroxyl groups is 1. The number of ketones is 1. The number of rotatable bonds is 19. The fourth-order valence-electron chi connectivity index (χ4n) is 3.47. The van der Waals surface area contributed by atoms with Crippen LogP contribution in [0.3, 0.4) is 0 Å². The molecule has 0 heterocycles. The minimum absolute atomic E-state index is 0.0416. The number of para-hydroxylation sites is 1. The number of benzene rings is 1. The summed E-state index contributed by atoms with van der Waals surface area (Å²) >= 11 is 0. The average molecular weight is 504 g/mol. The first kappa shape index (κ1) is 31.6. The van der Waals surface area contributed by atoms with Crippen LogP contribution in [0.1, 0.15) is 82.0 Å². The zero-order chi connectivity index (χ0) is 27.0. The van der Waals surface area contributed by atoms with Crippen molar-refractivity contribution < 1.29 is 14.7 Å². The first-order valence-corrected chi connectivity index (χ1v) is 13.5. The summed E-state index contributed by atoms with van der Waals surface area (Å²) in [5, 5.41) is 12.5. The highest BCUT2D eigenvalue weighted by Crippen LogP contribution is 2.15. The Balaban J connectivity index is 2.05. The van der Waals surface area contributed by atoms with E-state index in [9.17, 15) is 14.7 Å². The smallest absolute Gasteiger partial charge is 0.255 e. The van der Waals surface area contributed by atoms with Gasteiger partial charge in [-0.3, -0.25) is 9.59 Å². The van der Waals surface area contributed by atoms with Crippen LogP contribution in [-0.2, 0) is 4.79 Å². The van der Waals surface area contributed by atoms with Crippen molar-refractivity contribution in [1.29, 1.82) is 0 Å². The van der Waals surface area contributed by atoms with Crippen molar-refractivity contribution in [3.63, 3.8) is 0 Å². The number of carbonyl (C=O) groups excluding carboxylic acids is 2. The number of hydrogen-bond acceptors (Lipinski definition) is 3. The summed E-state index contributed by atoms with van der Waals surface area (Å²) in [5.41, 5.74) is 0.249. The SMILES string of the molecule is CC/C=C\C/C=C\C/C=C\C/C=C\C/C=C\C/C=C\CCC(=O)CC(C)CNC(=O)c1ccccc1O. The monoisotopic (exact) mass is 503 g/mol. The molecule has 200 valence electrons. The molecule has 0 fully saturated rings. The third-order valence-corrected chi connectivity index (χ3v) is 5.52. The van der Waals surface area contributed by atoms with Crippen LogP contribution in [0.4, 0.5) is 0 Å². The fraction of sp³-hybridized carbons (Fsp3) is 0.394. The van der Waals surface area contributed by atoms with Crippen LogP contribution in [0.25, 0.3) is 0 Å². The van der Waals surface area contributed by atoms with Crippen LogP contribution < -0.4 is 5.32 Å². The van der Waals surface area contributed by atoms with E-state index in [0.29, 0.717) is 19.4 Å². The number of allylic oxidation sites excluding steroid dienone is 12. The van der Waals surface area contributed by atoms with Gasteiger partial charge in [0.1, 0.15) is 11.5 Å². The maximum absolute atomic E-state index is 12.2. The molecule has 1 atom stereocenters. The number of phenols is 1. The van der Waals surface area contributed by atoms with Gasteiger partial charge in [-0.05, 0) is 63.0 Å². The molecular weight excluding hydrogens is 458 g/mol. The molecule has 37 heavy (non-hydrogen) atoms. The number of hydrogen-bond donors (Lipinski definition) is 2. The standard InChI is InChI=1S/C33H45NO3/c1-3-4-5-6-7-8-9-10-11-12-13-14-15-16-17-18-19-20-21-24-30(35)27-29(2)28-34-33(37)31-25-22-23-26-32(31)36/h4-5,7-8,10-11,13-14,16-17,19-20,22-23,25-26,29,36H,3,6,9,12,15,18,21,24,27-28H2,1-2H3,(H,34,37)/b5-4-,8-7-,11-10-,14-13-,17-16-,20-19-. The molecule has 0 spiro atoms. The van der Waals surface area contributed by atoms with E-state index in [4.69, 9.17) is 0 Å². The van der Waals surface area contributed by atoms with Crippen LogP contribution >= 0.6 is 0 Å². The lowest BCUT2D eigenvalue weighted by molar-refractivity contribution is -0.119. The van der Waals surface area contributed by atoms with Gasteiger partial charge in [0.15, 0.2) is 0 Å². The minimum Gasteiger partial charge on any atom is -0.507 e. The van der Waals surface area contributed by atoms with Crippen molar-refractivity contribution in [1.82, 2.24) is 5.32 Å². The number of phenolic OH excluding ortho intramolecular Hbond substituents is 1. The van der Waals surface area contributed by atoms with Crippen molar-refractivity contribution in [2.45, 2.75) is 71.6 Å². The predicted octanol–water partition coefficient (Wildman–Crippen LogP) is 8.20. The van der Waals surface area contributed by atoms with Gasteiger partial charge in [-0.1, -0.05) is 98.9 Å². The summed E-state index contributed by atoms with van der Waals surface area (Å²) in [6.07, 6.45) is 33.6. The largest absolute Gasteiger partial charge is 0.507 e. The van der Waals surface area contributed by atoms with Crippen LogP contribution in [0, 0.1) is 5.92 Å². The lowest BCUT2D eigenvalue weighted by atomic mass is 10.0. The fourth-order valence-corrected chi connectivity index (χ4v) is 3.47. The molecule has 2 N–H and O–H groups in total. The summed E-state index contributed by atoms with van der Waals surface area (Å²) in [7, 11) is 0. The molecule has 0 aliphatic heterocycles. The van der Waals surface area contributed by atoms with Gasteiger partial charge < -0.3 is 10.4 Å². The van der Waals surface area contributed by atoms with Crippen LogP contribution in [0.15, 0.2) is 97.2 Å². The Kier molecular flexibility index (Phi) is 18.7. The van der Waals surface area contributed by atoms with Gasteiger partial charge in [0.25, 0.3) is 5.91 Å². The third-order valence-electron chi connectivity index (χ3n) is 5.52. The molecule has 0 saturated carbocycles. The number of amides is 1. The molecule has 0 saturated heterocycles. The summed E-state index contributed by atoms with van der Waals surface area (Å²) < 4.78 is 0. The molecule has 0 aliphatic carbocycles. The zero-order valence-electron chi connectivity index (χ0n) is 22.6. The predicted molar refractivity (Wildman–Crippen MR) is 157 cm³/mol. The molecule has 1 amide bonds. The maximum atomic E-state index is 12.2. The lowest BCUT2D eigenvalue weighted by Crippen LogP contribution is -2.29. The number of nitrogens with one attached hydrogen (secondary N) is 1. The van der Waals surface area contributed by atoms with Gasteiger partial charge in [-0.2, -0.15) is 0 Å². The van der Waals surface area contributed by atoms with E-state index in [1.54, 1.807) is 18.2 Å². The van der Waals surface area contributed by atoms with Crippen molar-refractivity contribution in [3.05, 3.63) is 103 Å². The van der Waals surface area contributed by atoms with E-state index < -0.39 is 0 Å². The first-order valence-electron chi connectivity index (χ1n) is 13.5. The van der Waals surface area contributed by atoms with Crippen LogP contribution in [0.2, 0.25) is 0 Å². The van der Waals surface area contributed by atoms with E-state index in [0.717, 1.165) is 44.9 Å². The summed E-state index contributed by atoms with van der Waals surface area (Å²) in [4.78, 5) is 24.3. The molecule has 0 bridgehead atoms. The number of carbonyl (C=O) groups is 2. The highest BCUT2D eigenvalue weighted by molar-refractivity contribution is 5.96. The topological polar surface area (TPSA) is 66.4 Å². The Morgan fingerprint density at radius 2 is 1.27 bits per heavy atom. The van der Waals surface area contributed by atoms with Crippen LogP contribution in [0.5, 0.6) is 5.75 Å². The van der Waals surface area contributed by atoms with Crippen LogP contribution in [-0.4, -0.2) is 23.3 Å². The Labute approximate surface area is 224 Å². The normalized spacial score (nSPS) is 13.2. The van der Waals surface area contributed by atoms with Gasteiger partial charge in [0.2, 0.25) is 0 Å². The average Bonchev–Trinajstić information content (AvgIpc) is 2.89. The second kappa shape index (κ2) is 21.8. The molecule has 4 heteroatoms. The van der Waals surface area contributed by atoms with Gasteiger partial charge in [-0.15, -0.1) is 0 Å². The van der Waals surface area contributed by atoms with Crippen molar-refractivity contribution in [2.24, 2.45) is 5.92 Å². The Morgan fingerprint density at radius 3 is 1.78 bits per heavy atom. The van der Waals surface area contributed by atoms with E-state index in [1.807, 2.05) is 6.92 Å². The molecule has 1 aromatic carbocycles.